The SMILES string of the molecule is CC(=O)N1[C@@H]2CCC[C@@H]1CC2. The fraction of sp³-hybridized carbons (Fsp3) is 0.889. The van der Waals surface area contributed by atoms with E-state index in [-0.39, 0.29) is 5.91 Å². The smallest absolute Gasteiger partial charge is 0.219 e. The maximum Gasteiger partial charge on any atom is 0.219 e. The van der Waals surface area contributed by atoms with E-state index in [0.29, 0.717) is 12.1 Å². The lowest BCUT2D eigenvalue weighted by atomic mass is 10.0. The van der Waals surface area contributed by atoms with Crippen LogP contribution in [0.25, 0.3) is 0 Å². The highest BCUT2D eigenvalue weighted by molar-refractivity contribution is 5.74. The zero-order valence-corrected chi connectivity index (χ0v) is 7.05. The van der Waals surface area contributed by atoms with Crippen molar-refractivity contribution in [3.8, 4) is 0 Å². The number of nitrogens with zero attached hydrogens (tertiary/aromatic N) is 1. The van der Waals surface area contributed by atoms with Crippen LogP contribution < -0.4 is 0 Å². The van der Waals surface area contributed by atoms with Crippen molar-refractivity contribution in [2.45, 2.75) is 51.1 Å². The van der Waals surface area contributed by atoms with E-state index in [9.17, 15) is 4.79 Å². The molecule has 2 rings (SSSR count). The van der Waals surface area contributed by atoms with Crippen LogP contribution in [0.2, 0.25) is 0 Å². The molecule has 0 spiro atoms. The van der Waals surface area contributed by atoms with Crippen LogP contribution in [0.5, 0.6) is 0 Å². The first-order valence-electron chi connectivity index (χ1n) is 4.58. The van der Waals surface area contributed by atoms with E-state index >= 15 is 0 Å². The van der Waals surface area contributed by atoms with Crippen LogP contribution in [0, 0.1) is 0 Å². The number of rotatable bonds is 0. The summed E-state index contributed by atoms with van der Waals surface area (Å²) in [5.74, 6) is 0.289. The van der Waals surface area contributed by atoms with E-state index < -0.39 is 0 Å². The molecule has 0 unspecified atom stereocenters. The van der Waals surface area contributed by atoms with Crippen molar-refractivity contribution in [3.05, 3.63) is 0 Å². The molecule has 2 aliphatic rings. The van der Waals surface area contributed by atoms with Gasteiger partial charge in [-0.05, 0) is 32.1 Å². The maximum absolute atomic E-state index is 11.2. The molecule has 2 heteroatoms. The highest BCUT2D eigenvalue weighted by atomic mass is 16.2. The van der Waals surface area contributed by atoms with Gasteiger partial charge in [0, 0.05) is 19.0 Å². The number of hydrogen-bond acceptors (Lipinski definition) is 1. The molecule has 11 heavy (non-hydrogen) atoms. The largest absolute Gasteiger partial charge is 0.337 e. The van der Waals surface area contributed by atoms with Gasteiger partial charge >= 0.3 is 0 Å². The molecule has 0 N–H and O–H groups in total. The topological polar surface area (TPSA) is 20.3 Å². The summed E-state index contributed by atoms with van der Waals surface area (Å²) in [7, 11) is 0. The van der Waals surface area contributed by atoms with Crippen molar-refractivity contribution < 1.29 is 4.79 Å². The summed E-state index contributed by atoms with van der Waals surface area (Å²) >= 11 is 0. The third-order valence-electron chi connectivity index (χ3n) is 3.06. The Labute approximate surface area is 67.6 Å². The molecule has 0 saturated carbocycles. The minimum absolute atomic E-state index is 0.289. The van der Waals surface area contributed by atoms with E-state index in [0.717, 1.165) is 0 Å². The molecule has 2 saturated heterocycles. The quantitative estimate of drug-likeness (QED) is 0.517. The Bertz CT molecular complexity index is 162. The first-order chi connectivity index (χ1) is 5.29. The van der Waals surface area contributed by atoms with E-state index in [2.05, 4.69) is 4.90 Å². The second-order valence-corrected chi connectivity index (χ2v) is 3.74. The Morgan fingerprint density at radius 2 is 1.73 bits per heavy atom. The average Bonchev–Trinajstić information content (AvgIpc) is 2.23. The van der Waals surface area contributed by atoms with Gasteiger partial charge in [-0.15, -0.1) is 0 Å². The van der Waals surface area contributed by atoms with Crippen molar-refractivity contribution >= 4 is 5.91 Å². The molecule has 1 amide bonds. The molecule has 0 aromatic heterocycles. The lowest BCUT2D eigenvalue weighted by Crippen LogP contribution is -2.42. The van der Waals surface area contributed by atoms with Crippen molar-refractivity contribution in [2.24, 2.45) is 0 Å². The number of amides is 1. The summed E-state index contributed by atoms with van der Waals surface area (Å²) in [6.07, 6.45) is 6.33. The lowest BCUT2D eigenvalue weighted by molar-refractivity contribution is -0.133. The molecule has 2 bridgehead atoms. The standard InChI is InChI=1S/C9H15NO/c1-7(11)10-8-3-2-4-9(10)6-5-8/h8-9H,2-6H2,1H3/t8-,9-/m1/s1. The summed E-state index contributed by atoms with van der Waals surface area (Å²) < 4.78 is 0. The molecule has 2 aliphatic heterocycles. The molecular weight excluding hydrogens is 138 g/mol. The Balaban J connectivity index is 2.15. The van der Waals surface area contributed by atoms with E-state index in [1.54, 1.807) is 6.92 Å². The molecule has 62 valence electrons. The van der Waals surface area contributed by atoms with Crippen LogP contribution in [0.15, 0.2) is 0 Å². The minimum Gasteiger partial charge on any atom is -0.337 e. The summed E-state index contributed by atoms with van der Waals surface area (Å²) in [6, 6.07) is 1.21. The third kappa shape index (κ3) is 1.05. The second kappa shape index (κ2) is 2.50. The number of hydrogen-bond donors (Lipinski definition) is 0. The van der Waals surface area contributed by atoms with E-state index in [4.69, 9.17) is 0 Å². The van der Waals surface area contributed by atoms with Crippen molar-refractivity contribution in [1.29, 1.82) is 0 Å². The fourth-order valence-electron chi connectivity index (χ4n) is 2.63. The van der Waals surface area contributed by atoms with Gasteiger partial charge in [0.25, 0.3) is 0 Å². The second-order valence-electron chi connectivity index (χ2n) is 3.74. The number of piperidine rings is 1. The highest BCUT2D eigenvalue weighted by Gasteiger charge is 2.37. The molecule has 2 heterocycles. The molecule has 0 aliphatic carbocycles. The normalized spacial score (nSPS) is 35.9. The Hall–Kier alpha value is -0.530. The Kier molecular flexibility index (Phi) is 1.63. The van der Waals surface area contributed by atoms with Crippen molar-refractivity contribution in [2.75, 3.05) is 0 Å². The van der Waals surface area contributed by atoms with Gasteiger partial charge in [-0.25, -0.2) is 0 Å². The van der Waals surface area contributed by atoms with Crippen LogP contribution in [-0.4, -0.2) is 22.9 Å². The zero-order chi connectivity index (χ0) is 7.84. The minimum atomic E-state index is 0.289. The number of fused-ring (bicyclic) bond motifs is 2. The van der Waals surface area contributed by atoms with Gasteiger partial charge in [0.15, 0.2) is 0 Å². The van der Waals surface area contributed by atoms with Gasteiger partial charge in [0.05, 0.1) is 0 Å². The van der Waals surface area contributed by atoms with Crippen LogP contribution >= 0.6 is 0 Å². The first-order valence-corrected chi connectivity index (χ1v) is 4.58. The average molecular weight is 153 g/mol. The van der Waals surface area contributed by atoms with E-state index in [1.807, 2.05) is 0 Å². The summed E-state index contributed by atoms with van der Waals surface area (Å²) in [6.45, 7) is 1.70. The van der Waals surface area contributed by atoms with Gasteiger partial charge in [0.1, 0.15) is 0 Å². The lowest BCUT2D eigenvalue weighted by Gasteiger charge is -2.33. The van der Waals surface area contributed by atoms with Crippen LogP contribution in [-0.2, 0) is 4.79 Å². The van der Waals surface area contributed by atoms with Crippen LogP contribution in [0.1, 0.15) is 39.0 Å². The molecule has 0 aromatic rings. The summed E-state index contributed by atoms with van der Waals surface area (Å²) in [5.41, 5.74) is 0. The molecule has 2 atom stereocenters. The van der Waals surface area contributed by atoms with Gasteiger partial charge in [0.2, 0.25) is 5.91 Å². The Morgan fingerprint density at radius 3 is 2.09 bits per heavy atom. The maximum atomic E-state index is 11.2. The highest BCUT2D eigenvalue weighted by Crippen LogP contribution is 2.35. The van der Waals surface area contributed by atoms with Crippen molar-refractivity contribution in [3.63, 3.8) is 0 Å². The van der Waals surface area contributed by atoms with Crippen LogP contribution in [0.4, 0.5) is 0 Å². The van der Waals surface area contributed by atoms with Gasteiger partial charge in [-0.2, -0.15) is 0 Å². The number of carbonyl (C=O) groups is 1. The van der Waals surface area contributed by atoms with Gasteiger partial charge < -0.3 is 4.90 Å². The first kappa shape index (κ1) is 7.14. The zero-order valence-electron chi connectivity index (χ0n) is 7.05. The molecule has 0 radical (unpaired) electrons. The predicted molar refractivity (Wildman–Crippen MR) is 43.2 cm³/mol. The third-order valence-corrected chi connectivity index (χ3v) is 3.06. The number of carbonyl (C=O) groups excluding carboxylic acids is 1. The summed E-state index contributed by atoms with van der Waals surface area (Å²) in [5, 5.41) is 0. The Morgan fingerprint density at radius 1 is 1.18 bits per heavy atom. The fourth-order valence-corrected chi connectivity index (χ4v) is 2.63. The monoisotopic (exact) mass is 153 g/mol. The van der Waals surface area contributed by atoms with E-state index in [1.165, 1.54) is 32.1 Å². The molecule has 2 nitrogen and oxygen atoms in total. The molecular formula is C9H15NO. The van der Waals surface area contributed by atoms with Gasteiger partial charge in [-0.3, -0.25) is 4.79 Å². The summed E-state index contributed by atoms with van der Waals surface area (Å²) in [4.78, 5) is 13.3. The predicted octanol–water partition coefficient (Wildman–Crippen LogP) is 1.55. The van der Waals surface area contributed by atoms with Gasteiger partial charge in [-0.1, -0.05) is 0 Å². The molecule has 0 aromatic carbocycles. The molecule has 2 fully saturated rings. The van der Waals surface area contributed by atoms with Crippen molar-refractivity contribution in [1.82, 2.24) is 4.90 Å². The van der Waals surface area contributed by atoms with Crippen LogP contribution in [0.3, 0.4) is 0 Å².